The van der Waals surface area contributed by atoms with E-state index >= 15 is 0 Å². The van der Waals surface area contributed by atoms with Crippen LogP contribution in [0.15, 0.2) is 24.4 Å². The fourth-order valence-corrected chi connectivity index (χ4v) is 3.48. The van der Waals surface area contributed by atoms with E-state index in [9.17, 15) is 4.79 Å². The molecule has 0 aliphatic heterocycles. The Labute approximate surface area is 161 Å². The maximum Gasteiger partial charge on any atom is 0.320 e. The molecule has 1 aliphatic rings. The van der Waals surface area contributed by atoms with E-state index in [4.69, 9.17) is 34.8 Å². The summed E-state index contributed by atoms with van der Waals surface area (Å²) in [4.78, 5) is 12.1. The Morgan fingerprint density at radius 3 is 2.60 bits per heavy atom. The number of hydrogen-bond acceptors (Lipinski definition) is 2. The molecule has 0 radical (unpaired) electrons. The van der Waals surface area contributed by atoms with Gasteiger partial charge in [0.25, 0.3) is 0 Å². The minimum Gasteiger partial charge on any atom is -0.335 e. The number of urea groups is 1. The average molecular weight is 402 g/mol. The molecule has 134 valence electrons. The number of carbonyl (C=O) groups excluding carboxylic acids is 1. The number of benzene rings is 1. The van der Waals surface area contributed by atoms with Crippen LogP contribution in [0.4, 0.5) is 10.6 Å². The fourth-order valence-electron chi connectivity index (χ4n) is 2.96. The number of aromatic nitrogens is 2. The molecule has 1 heterocycles. The molecule has 3 rings (SSSR count). The van der Waals surface area contributed by atoms with Crippen molar-refractivity contribution in [3.05, 3.63) is 45.0 Å². The van der Waals surface area contributed by atoms with E-state index in [0.29, 0.717) is 27.4 Å². The van der Waals surface area contributed by atoms with E-state index < -0.39 is 0 Å². The number of rotatable bonds is 4. The molecule has 2 N–H and O–H groups in total. The van der Waals surface area contributed by atoms with E-state index in [-0.39, 0.29) is 12.1 Å². The molecule has 1 aromatic heterocycles. The SMILES string of the molecule is O=C(Nc1nn(Cc2ccc(Cl)c(Cl)c2)cc1Cl)NC1CCCCC1. The highest BCUT2D eigenvalue weighted by Gasteiger charge is 2.17. The number of hydrogen-bond donors (Lipinski definition) is 2. The van der Waals surface area contributed by atoms with E-state index in [2.05, 4.69) is 15.7 Å². The predicted octanol–water partition coefficient (Wildman–Crippen LogP) is 5.35. The third kappa shape index (κ3) is 5.03. The maximum absolute atomic E-state index is 12.1. The molecule has 1 saturated carbocycles. The van der Waals surface area contributed by atoms with Gasteiger partial charge in [0.15, 0.2) is 5.82 Å². The molecule has 0 unspecified atom stereocenters. The first-order chi connectivity index (χ1) is 12.0. The lowest BCUT2D eigenvalue weighted by molar-refractivity contribution is 0.244. The monoisotopic (exact) mass is 400 g/mol. The average Bonchev–Trinajstić information content (AvgIpc) is 2.91. The van der Waals surface area contributed by atoms with Gasteiger partial charge in [0.1, 0.15) is 5.02 Å². The van der Waals surface area contributed by atoms with Crippen LogP contribution in [0.3, 0.4) is 0 Å². The molecule has 1 fully saturated rings. The smallest absolute Gasteiger partial charge is 0.320 e. The summed E-state index contributed by atoms with van der Waals surface area (Å²) >= 11 is 18.1. The summed E-state index contributed by atoms with van der Waals surface area (Å²) in [7, 11) is 0. The van der Waals surface area contributed by atoms with Gasteiger partial charge in [-0.3, -0.25) is 10.00 Å². The Kier molecular flexibility index (Phi) is 6.10. The van der Waals surface area contributed by atoms with Crippen LogP contribution in [0.5, 0.6) is 0 Å². The van der Waals surface area contributed by atoms with Crippen molar-refractivity contribution in [2.75, 3.05) is 5.32 Å². The highest BCUT2D eigenvalue weighted by atomic mass is 35.5. The first kappa shape index (κ1) is 18.4. The Morgan fingerprint density at radius 2 is 1.88 bits per heavy atom. The highest BCUT2D eigenvalue weighted by molar-refractivity contribution is 6.42. The van der Waals surface area contributed by atoms with Gasteiger partial charge >= 0.3 is 6.03 Å². The summed E-state index contributed by atoms with van der Waals surface area (Å²) in [6, 6.07) is 5.34. The van der Waals surface area contributed by atoms with Gasteiger partial charge in [-0.15, -0.1) is 0 Å². The van der Waals surface area contributed by atoms with Crippen molar-refractivity contribution in [2.24, 2.45) is 0 Å². The molecule has 2 amide bonds. The van der Waals surface area contributed by atoms with Crippen LogP contribution in [0.2, 0.25) is 15.1 Å². The lowest BCUT2D eigenvalue weighted by Crippen LogP contribution is -2.39. The summed E-state index contributed by atoms with van der Waals surface area (Å²) < 4.78 is 1.65. The van der Waals surface area contributed by atoms with E-state index in [0.717, 1.165) is 31.2 Å². The number of nitrogens with one attached hydrogen (secondary N) is 2. The summed E-state index contributed by atoms with van der Waals surface area (Å²) in [6.45, 7) is 0.475. The summed E-state index contributed by atoms with van der Waals surface area (Å²) in [5, 5.41) is 11.4. The second-order valence-electron chi connectivity index (χ2n) is 6.21. The molecule has 0 atom stereocenters. The molecule has 2 aromatic rings. The second-order valence-corrected chi connectivity index (χ2v) is 7.43. The van der Waals surface area contributed by atoms with Crippen molar-refractivity contribution in [3.63, 3.8) is 0 Å². The minimum atomic E-state index is -0.270. The first-order valence-corrected chi connectivity index (χ1v) is 9.39. The van der Waals surface area contributed by atoms with Crippen LogP contribution < -0.4 is 10.6 Å². The molecule has 5 nitrogen and oxygen atoms in total. The molecule has 8 heteroatoms. The third-order valence-corrected chi connectivity index (χ3v) is 5.23. The maximum atomic E-state index is 12.1. The summed E-state index contributed by atoms with van der Waals surface area (Å²) in [6.07, 6.45) is 7.26. The van der Waals surface area contributed by atoms with Crippen molar-refractivity contribution in [2.45, 2.75) is 44.7 Å². The van der Waals surface area contributed by atoms with E-state index in [1.54, 1.807) is 23.0 Å². The van der Waals surface area contributed by atoms with Crippen molar-refractivity contribution in [1.82, 2.24) is 15.1 Å². The largest absolute Gasteiger partial charge is 0.335 e. The van der Waals surface area contributed by atoms with Crippen molar-refractivity contribution < 1.29 is 4.79 Å². The van der Waals surface area contributed by atoms with Crippen LogP contribution in [0, 0.1) is 0 Å². The summed E-state index contributed by atoms with van der Waals surface area (Å²) in [5.41, 5.74) is 0.937. The molecule has 1 aliphatic carbocycles. The fraction of sp³-hybridized carbons (Fsp3) is 0.412. The van der Waals surface area contributed by atoms with Gasteiger partial charge in [0.05, 0.1) is 16.6 Å². The number of halogens is 3. The number of amides is 2. The normalized spacial score (nSPS) is 15.2. The number of carbonyl (C=O) groups is 1. The van der Waals surface area contributed by atoms with Crippen molar-refractivity contribution in [3.8, 4) is 0 Å². The molecular formula is C17H19Cl3N4O. The van der Waals surface area contributed by atoms with Gasteiger partial charge in [-0.25, -0.2) is 4.79 Å². The summed E-state index contributed by atoms with van der Waals surface area (Å²) in [5.74, 6) is 0.343. The van der Waals surface area contributed by atoms with Gasteiger partial charge in [0, 0.05) is 12.2 Å². The van der Waals surface area contributed by atoms with Crippen LogP contribution in [-0.4, -0.2) is 21.9 Å². The Bertz CT molecular complexity index is 756. The number of anilines is 1. The van der Waals surface area contributed by atoms with E-state index in [1.165, 1.54) is 6.42 Å². The van der Waals surface area contributed by atoms with Gasteiger partial charge < -0.3 is 5.32 Å². The Hall–Kier alpha value is -1.43. The lowest BCUT2D eigenvalue weighted by Gasteiger charge is -2.22. The van der Waals surface area contributed by atoms with Gasteiger partial charge in [-0.2, -0.15) is 5.10 Å². The number of nitrogens with zero attached hydrogens (tertiary/aromatic N) is 2. The van der Waals surface area contributed by atoms with Gasteiger partial charge in [-0.1, -0.05) is 60.1 Å². The van der Waals surface area contributed by atoms with E-state index in [1.807, 2.05) is 6.07 Å². The zero-order valence-corrected chi connectivity index (χ0v) is 15.8. The molecular weight excluding hydrogens is 383 g/mol. The van der Waals surface area contributed by atoms with Crippen LogP contribution >= 0.6 is 34.8 Å². The van der Waals surface area contributed by atoms with Crippen molar-refractivity contribution >= 4 is 46.7 Å². The van der Waals surface area contributed by atoms with Crippen LogP contribution in [0.25, 0.3) is 0 Å². The van der Waals surface area contributed by atoms with Gasteiger partial charge in [-0.05, 0) is 30.5 Å². The predicted molar refractivity (Wildman–Crippen MR) is 102 cm³/mol. The van der Waals surface area contributed by atoms with Crippen LogP contribution in [-0.2, 0) is 6.54 Å². The Morgan fingerprint density at radius 1 is 1.12 bits per heavy atom. The second kappa shape index (κ2) is 8.30. The highest BCUT2D eigenvalue weighted by Crippen LogP contribution is 2.24. The van der Waals surface area contributed by atoms with Crippen molar-refractivity contribution in [1.29, 1.82) is 0 Å². The lowest BCUT2D eigenvalue weighted by atomic mass is 9.96. The topological polar surface area (TPSA) is 59.0 Å². The third-order valence-electron chi connectivity index (χ3n) is 4.22. The first-order valence-electron chi connectivity index (χ1n) is 8.25. The molecule has 1 aromatic carbocycles. The molecule has 0 saturated heterocycles. The minimum absolute atomic E-state index is 0.228. The van der Waals surface area contributed by atoms with Gasteiger partial charge in [0.2, 0.25) is 0 Å². The molecule has 0 spiro atoms. The Balaban J connectivity index is 1.61. The molecule has 0 bridgehead atoms. The zero-order valence-electron chi connectivity index (χ0n) is 13.6. The zero-order chi connectivity index (χ0) is 17.8. The molecule has 25 heavy (non-hydrogen) atoms. The van der Waals surface area contributed by atoms with Crippen LogP contribution in [0.1, 0.15) is 37.7 Å². The quantitative estimate of drug-likeness (QED) is 0.726. The standard InChI is InChI=1S/C17H19Cl3N4O/c18-13-7-6-11(8-14(13)19)9-24-10-15(20)16(23-24)22-17(25)21-12-4-2-1-3-5-12/h6-8,10,12H,1-5,9H2,(H2,21,22,23,25).